The highest BCUT2D eigenvalue weighted by Gasteiger charge is 2.46. The normalized spacial score (nSPS) is 27.4. The highest BCUT2D eigenvalue weighted by molar-refractivity contribution is 5.03. The van der Waals surface area contributed by atoms with Crippen LogP contribution in [0.3, 0.4) is 0 Å². The van der Waals surface area contributed by atoms with E-state index in [0.29, 0.717) is 12.5 Å². The van der Waals surface area contributed by atoms with E-state index in [1.165, 1.54) is 51.5 Å². The third-order valence-corrected chi connectivity index (χ3v) is 5.22. The molecule has 0 aromatic rings. The van der Waals surface area contributed by atoms with E-state index in [-0.39, 0.29) is 5.54 Å². The third kappa shape index (κ3) is 3.96. The second-order valence-corrected chi connectivity index (χ2v) is 6.92. The summed E-state index contributed by atoms with van der Waals surface area (Å²) in [5.74, 6) is 0.697. The Bertz CT molecular complexity index is 278. The SMILES string of the molecule is CCCNC(CO)(CN1CCCCC1CCC)C1CC1. The predicted molar refractivity (Wildman–Crippen MR) is 85.0 cm³/mol. The van der Waals surface area contributed by atoms with Crippen LogP contribution in [0.4, 0.5) is 0 Å². The van der Waals surface area contributed by atoms with Crippen LogP contribution in [-0.2, 0) is 0 Å². The average Bonchev–Trinajstić information content (AvgIpc) is 3.31. The Balaban J connectivity index is 2.00. The van der Waals surface area contributed by atoms with Crippen molar-refractivity contribution in [3.05, 3.63) is 0 Å². The van der Waals surface area contributed by atoms with Gasteiger partial charge in [-0.05, 0) is 57.5 Å². The van der Waals surface area contributed by atoms with Crippen LogP contribution in [0.5, 0.6) is 0 Å². The Kier molecular flexibility index (Phi) is 6.31. The van der Waals surface area contributed by atoms with E-state index < -0.39 is 0 Å². The molecule has 2 fully saturated rings. The molecule has 0 aromatic heterocycles. The molecule has 2 atom stereocenters. The Morgan fingerprint density at radius 1 is 1.15 bits per heavy atom. The van der Waals surface area contributed by atoms with E-state index in [9.17, 15) is 5.11 Å². The number of aliphatic hydroxyl groups excluding tert-OH is 1. The summed E-state index contributed by atoms with van der Waals surface area (Å²) in [6, 6.07) is 0.752. The first-order valence-corrected chi connectivity index (χ1v) is 8.85. The van der Waals surface area contributed by atoms with Crippen molar-refractivity contribution in [2.45, 2.75) is 76.8 Å². The molecule has 0 aromatic carbocycles. The summed E-state index contributed by atoms with van der Waals surface area (Å²) in [6.07, 6.45) is 10.4. The molecule has 1 aliphatic heterocycles. The highest BCUT2D eigenvalue weighted by Crippen LogP contribution is 2.41. The maximum absolute atomic E-state index is 10.1. The van der Waals surface area contributed by atoms with Gasteiger partial charge in [0, 0.05) is 12.6 Å². The standard InChI is InChI=1S/C17H34N2O/c1-3-7-16-8-5-6-12-19(16)13-17(14-20,15-9-10-15)18-11-4-2/h15-16,18,20H,3-14H2,1-2H3. The van der Waals surface area contributed by atoms with Crippen molar-refractivity contribution in [2.75, 3.05) is 26.2 Å². The van der Waals surface area contributed by atoms with Gasteiger partial charge < -0.3 is 10.4 Å². The van der Waals surface area contributed by atoms with Gasteiger partial charge in [0.25, 0.3) is 0 Å². The van der Waals surface area contributed by atoms with Gasteiger partial charge in [-0.2, -0.15) is 0 Å². The van der Waals surface area contributed by atoms with E-state index >= 15 is 0 Å². The van der Waals surface area contributed by atoms with Gasteiger partial charge in [-0.1, -0.05) is 26.7 Å². The van der Waals surface area contributed by atoms with E-state index in [4.69, 9.17) is 0 Å². The summed E-state index contributed by atoms with van der Waals surface area (Å²) in [4.78, 5) is 2.68. The van der Waals surface area contributed by atoms with Crippen LogP contribution in [0.25, 0.3) is 0 Å². The molecule has 2 N–H and O–H groups in total. The van der Waals surface area contributed by atoms with Crippen molar-refractivity contribution in [1.29, 1.82) is 0 Å². The number of nitrogens with zero attached hydrogens (tertiary/aromatic N) is 1. The van der Waals surface area contributed by atoms with Crippen molar-refractivity contribution in [3.63, 3.8) is 0 Å². The second-order valence-electron chi connectivity index (χ2n) is 6.92. The summed E-state index contributed by atoms with van der Waals surface area (Å²) in [5.41, 5.74) is -0.0284. The fourth-order valence-electron chi connectivity index (χ4n) is 3.86. The molecule has 1 aliphatic carbocycles. The summed E-state index contributed by atoms with van der Waals surface area (Å²) in [7, 11) is 0. The number of likely N-dealkylation sites (tertiary alicyclic amines) is 1. The summed E-state index contributed by atoms with van der Waals surface area (Å²) in [5, 5.41) is 13.8. The van der Waals surface area contributed by atoms with Crippen LogP contribution < -0.4 is 5.32 Å². The van der Waals surface area contributed by atoms with Crippen molar-refractivity contribution < 1.29 is 5.11 Å². The van der Waals surface area contributed by atoms with Crippen molar-refractivity contribution in [3.8, 4) is 0 Å². The van der Waals surface area contributed by atoms with Crippen LogP contribution in [0.15, 0.2) is 0 Å². The van der Waals surface area contributed by atoms with Crippen LogP contribution in [0, 0.1) is 5.92 Å². The van der Waals surface area contributed by atoms with Gasteiger partial charge in [-0.15, -0.1) is 0 Å². The minimum Gasteiger partial charge on any atom is -0.394 e. The van der Waals surface area contributed by atoms with E-state index in [1.807, 2.05) is 0 Å². The van der Waals surface area contributed by atoms with E-state index in [1.54, 1.807) is 0 Å². The smallest absolute Gasteiger partial charge is 0.0628 e. The molecule has 2 unspecified atom stereocenters. The lowest BCUT2D eigenvalue weighted by Crippen LogP contribution is -2.60. The Hall–Kier alpha value is -0.120. The van der Waals surface area contributed by atoms with Crippen LogP contribution in [-0.4, -0.2) is 47.8 Å². The van der Waals surface area contributed by atoms with Gasteiger partial charge in [0.2, 0.25) is 0 Å². The number of rotatable bonds is 9. The van der Waals surface area contributed by atoms with Gasteiger partial charge in [0.05, 0.1) is 12.1 Å². The zero-order chi connectivity index (χ0) is 14.4. The first-order valence-electron chi connectivity index (χ1n) is 8.85. The summed E-state index contributed by atoms with van der Waals surface area (Å²) >= 11 is 0. The monoisotopic (exact) mass is 282 g/mol. The highest BCUT2D eigenvalue weighted by atomic mass is 16.3. The van der Waals surface area contributed by atoms with Crippen molar-refractivity contribution >= 4 is 0 Å². The maximum Gasteiger partial charge on any atom is 0.0628 e. The molecule has 3 nitrogen and oxygen atoms in total. The molecule has 1 saturated carbocycles. The fourth-order valence-corrected chi connectivity index (χ4v) is 3.86. The lowest BCUT2D eigenvalue weighted by atomic mass is 9.89. The van der Waals surface area contributed by atoms with Gasteiger partial charge in [-0.25, -0.2) is 0 Å². The molecule has 3 heteroatoms. The first kappa shape index (κ1) is 16.3. The Labute approximate surface area is 125 Å². The maximum atomic E-state index is 10.1. The summed E-state index contributed by atoms with van der Waals surface area (Å²) < 4.78 is 0. The number of hydrogen-bond acceptors (Lipinski definition) is 3. The molecular weight excluding hydrogens is 248 g/mol. The Morgan fingerprint density at radius 2 is 1.95 bits per heavy atom. The van der Waals surface area contributed by atoms with Crippen molar-refractivity contribution in [2.24, 2.45) is 5.92 Å². The minimum absolute atomic E-state index is 0.0284. The molecule has 2 rings (SSSR count). The number of hydrogen-bond donors (Lipinski definition) is 2. The largest absolute Gasteiger partial charge is 0.394 e. The van der Waals surface area contributed by atoms with Gasteiger partial charge in [-0.3, -0.25) is 4.90 Å². The fraction of sp³-hybridized carbons (Fsp3) is 1.00. The first-order chi connectivity index (χ1) is 9.75. The summed E-state index contributed by atoms with van der Waals surface area (Å²) in [6.45, 7) is 8.12. The topological polar surface area (TPSA) is 35.5 Å². The molecule has 0 bridgehead atoms. The van der Waals surface area contributed by atoms with Crippen molar-refractivity contribution in [1.82, 2.24) is 10.2 Å². The molecule has 0 radical (unpaired) electrons. The lowest BCUT2D eigenvalue weighted by Gasteiger charge is -2.44. The quantitative estimate of drug-likeness (QED) is 0.682. The molecule has 2 aliphatic rings. The zero-order valence-electron chi connectivity index (χ0n) is 13.5. The number of piperidine rings is 1. The number of aliphatic hydroxyl groups is 1. The zero-order valence-corrected chi connectivity index (χ0v) is 13.5. The van der Waals surface area contributed by atoms with E-state index in [2.05, 4.69) is 24.1 Å². The predicted octanol–water partition coefficient (Wildman–Crippen LogP) is 2.78. The van der Waals surface area contributed by atoms with Gasteiger partial charge in [0.1, 0.15) is 0 Å². The van der Waals surface area contributed by atoms with E-state index in [0.717, 1.165) is 25.6 Å². The molecular formula is C17H34N2O. The lowest BCUT2D eigenvalue weighted by molar-refractivity contribution is 0.0509. The molecule has 0 spiro atoms. The number of nitrogens with one attached hydrogen (secondary N) is 1. The molecule has 1 saturated heterocycles. The van der Waals surface area contributed by atoms with Gasteiger partial charge >= 0.3 is 0 Å². The molecule has 1 heterocycles. The van der Waals surface area contributed by atoms with Crippen LogP contribution in [0.2, 0.25) is 0 Å². The second kappa shape index (κ2) is 7.77. The van der Waals surface area contributed by atoms with Gasteiger partial charge in [0.15, 0.2) is 0 Å². The Morgan fingerprint density at radius 3 is 2.55 bits per heavy atom. The minimum atomic E-state index is -0.0284. The molecule has 118 valence electrons. The van der Waals surface area contributed by atoms with Crippen LogP contribution >= 0.6 is 0 Å². The molecule has 20 heavy (non-hydrogen) atoms. The molecule has 0 amide bonds. The van der Waals surface area contributed by atoms with Crippen LogP contribution in [0.1, 0.15) is 65.2 Å². The average molecular weight is 282 g/mol. The third-order valence-electron chi connectivity index (χ3n) is 5.22.